The van der Waals surface area contributed by atoms with Crippen LogP contribution in [0.3, 0.4) is 0 Å². The van der Waals surface area contributed by atoms with E-state index >= 15 is 0 Å². The van der Waals surface area contributed by atoms with Gasteiger partial charge in [0.05, 0.1) is 16.7 Å². The molecule has 6 heteroatoms. The zero-order valence-corrected chi connectivity index (χ0v) is 11.1. The number of benzene rings is 1. The predicted molar refractivity (Wildman–Crippen MR) is 65.9 cm³/mol. The Morgan fingerprint density at radius 1 is 1.41 bits per heavy atom. The Morgan fingerprint density at radius 2 is 2.06 bits per heavy atom. The monoisotopic (exact) mass is 306 g/mol. The molecule has 0 bridgehead atoms. The van der Waals surface area contributed by atoms with E-state index in [2.05, 4.69) is 21.2 Å². The first-order valence-corrected chi connectivity index (χ1v) is 5.87. The van der Waals surface area contributed by atoms with E-state index in [1.165, 1.54) is 4.90 Å². The van der Waals surface area contributed by atoms with Crippen LogP contribution in [-0.2, 0) is 4.79 Å². The lowest BCUT2D eigenvalue weighted by atomic mass is 10.3. The van der Waals surface area contributed by atoms with Gasteiger partial charge in [-0.1, -0.05) is 0 Å². The molecule has 1 aromatic rings. The van der Waals surface area contributed by atoms with Crippen LogP contribution in [0.1, 0.15) is 6.92 Å². The summed E-state index contributed by atoms with van der Waals surface area (Å²) < 4.78 is 26.6. The van der Waals surface area contributed by atoms with Crippen molar-refractivity contribution in [1.82, 2.24) is 4.90 Å². The fourth-order valence-electron chi connectivity index (χ4n) is 1.14. The molecule has 1 aromatic carbocycles. The van der Waals surface area contributed by atoms with Gasteiger partial charge in [0, 0.05) is 19.7 Å². The number of anilines is 1. The highest BCUT2D eigenvalue weighted by Gasteiger charge is 2.10. The van der Waals surface area contributed by atoms with Gasteiger partial charge in [0.25, 0.3) is 0 Å². The van der Waals surface area contributed by atoms with Crippen LogP contribution in [-0.4, -0.2) is 30.9 Å². The third-order valence-corrected chi connectivity index (χ3v) is 2.95. The molecule has 0 aliphatic heterocycles. The summed E-state index contributed by atoms with van der Waals surface area (Å²) in [6.45, 7) is 2.33. The molecule has 0 atom stereocenters. The van der Waals surface area contributed by atoms with Crippen LogP contribution in [0.25, 0.3) is 0 Å². The number of carbonyl (C=O) groups excluding carboxylic acids is 1. The van der Waals surface area contributed by atoms with Crippen LogP contribution in [0.15, 0.2) is 16.6 Å². The largest absolute Gasteiger partial charge is 0.374 e. The molecule has 1 rings (SSSR count). The molecule has 0 aromatic heterocycles. The first-order chi connectivity index (χ1) is 7.95. The van der Waals surface area contributed by atoms with E-state index in [4.69, 9.17) is 0 Å². The van der Waals surface area contributed by atoms with Crippen LogP contribution >= 0.6 is 15.9 Å². The highest BCUT2D eigenvalue weighted by molar-refractivity contribution is 9.10. The van der Waals surface area contributed by atoms with E-state index in [9.17, 15) is 13.6 Å². The summed E-state index contributed by atoms with van der Waals surface area (Å²) >= 11 is 2.88. The Kier molecular flexibility index (Phi) is 4.86. The molecule has 1 N–H and O–H groups in total. The van der Waals surface area contributed by atoms with Gasteiger partial charge in [0.1, 0.15) is 11.6 Å². The number of halogens is 3. The lowest BCUT2D eigenvalue weighted by Gasteiger charge is -2.15. The molecule has 0 heterocycles. The second kappa shape index (κ2) is 5.95. The molecule has 94 valence electrons. The van der Waals surface area contributed by atoms with Gasteiger partial charge in [0.15, 0.2) is 0 Å². The Hall–Kier alpha value is -1.17. The van der Waals surface area contributed by atoms with Crippen molar-refractivity contribution >= 4 is 27.5 Å². The molecule has 0 aliphatic carbocycles. The van der Waals surface area contributed by atoms with E-state index < -0.39 is 11.6 Å². The fraction of sp³-hybridized carbons (Fsp3) is 0.364. The predicted octanol–water partition coefficient (Wildman–Crippen LogP) is 2.62. The summed E-state index contributed by atoms with van der Waals surface area (Å²) in [5.74, 6) is -1.37. The lowest BCUT2D eigenvalue weighted by Crippen LogP contribution is -2.32. The van der Waals surface area contributed by atoms with E-state index in [0.29, 0.717) is 6.54 Å². The van der Waals surface area contributed by atoms with Crippen molar-refractivity contribution in [2.75, 3.05) is 25.5 Å². The molecule has 1 amide bonds. The zero-order valence-electron chi connectivity index (χ0n) is 9.56. The number of rotatable bonds is 4. The number of carbonyl (C=O) groups is 1. The normalized spacial score (nSPS) is 10.2. The van der Waals surface area contributed by atoms with Crippen molar-refractivity contribution in [3.63, 3.8) is 0 Å². The first kappa shape index (κ1) is 13.9. The first-order valence-electron chi connectivity index (χ1n) is 5.08. The van der Waals surface area contributed by atoms with Crippen LogP contribution in [0.4, 0.5) is 14.5 Å². The topological polar surface area (TPSA) is 32.3 Å². The zero-order chi connectivity index (χ0) is 13.0. The third kappa shape index (κ3) is 3.66. The summed E-state index contributed by atoms with van der Waals surface area (Å²) in [5.41, 5.74) is -0.0245. The summed E-state index contributed by atoms with van der Waals surface area (Å²) in [6.07, 6.45) is 0. The number of likely N-dealkylation sites (N-methyl/N-ethyl adjacent to an activating group) is 1. The van der Waals surface area contributed by atoms with Crippen molar-refractivity contribution < 1.29 is 13.6 Å². The molecule has 0 fully saturated rings. The Labute approximate surface area is 107 Å². The van der Waals surface area contributed by atoms with Crippen LogP contribution in [0.5, 0.6) is 0 Å². The third-order valence-electron chi connectivity index (χ3n) is 2.34. The Bertz CT molecular complexity index is 426. The minimum atomic E-state index is -0.606. The van der Waals surface area contributed by atoms with Crippen LogP contribution in [0.2, 0.25) is 0 Å². The maximum Gasteiger partial charge on any atom is 0.241 e. The van der Waals surface area contributed by atoms with Gasteiger partial charge in [-0.3, -0.25) is 4.79 Å². The standard InChI is InChI=1S/C11H13BrF2N2O/c1-3-16(2)11(17)6-15-10-5-8(13)7(12)4-9(10)14/h4-5,15H,3,6H2,1-2H3. The second-order valence-electron chi connectivity index (χ2n) is 3.51. The average Bonchev–Trinajstić information content (AvgIpc) is 2.30. The van der Waals surface area contributed by atoms with Crippen molar-refractivity contribution in [2.45, 2.75) is 6.92 Å². The molecule has 0 saturated heterocycles. The molecule has 0 unspecified atom stereocenters. The van der Waals surface area contributed by atoms with Gasteiger partial charge >= 0.3 is 0 Å². The van der Waals surface area contributed by atoms with E-state index in [0.717, 1.165) is 12.1 Å². The molecule has 0 radical (unpaired) electrons. The van der Waals surface area contributed by atoms with Gasteiger partial charge < -0.3 is 10.2 Å². The SMILES string of the molecule is CCN(C)C(=O)CNc1cc(F)c(Br)cc1F. The average molecular weight is 307 g/mol. The molecule has 17 heavy (non-hydrogen) atoms. The van der Waals surface area contributed by atoms with Crippen LogP contribution in [0, 0.1) is 11.6 Å². The molecule has 0 saturated carbocycles. The summed E-state index contributed by atoms with van der Waals surface area (Å²) in [5, 5.41) is 2.57. The van der Waals surface area contributed by atoms with Gasteiger partial charge in [-0.15, -0.1) is 0 Å². The molecule has 3 nitrogen and oxygen atoms in total. The summed E-state index contributed by atoms with van der Waals surface area (Å²) in [4.78, 5) is 12.9. The molecular weight excluding hydrogens is 294 g/mol. The van der Waals surface area contributed by atoms with E-state index in [1.807, 2.05) is 6.92 Å². The van der Waals surface area contributed by atoms with E-state index in [-0.39, 0.29) is 22.6 Å². The minimum Gasteiger partial charge on any atom is -0.374 e. The van der Waals surface area contributed by atoms with Crippen molar-refractivity contribution in [3.8, 4) is 0 Å². The fourth-order valence-corrected chi connectivity index (χ4v) is 1.46. The lowest BCUT2D eigenvalue weighted by molar-refractivity contribution is -0.127. The number of nitrogens with one attached hydrogen (secondary N) is 1. The smallest absolute Gasteiger partial charge is 0.241 e. The van der Waals surface area contributed by atoms with E-state index in [1.54, 1.807) is 7.05 Å². The van der Waals surface area contributed by atoms with Crippen LogP contribution < -0.4 is 5.32 Å². The minimum absolute atomic E-state index is 0.0245. The van der Waals surface area contributed by atoms with Gasteiger partial charge in [-0.25, -0.2) is 8.78 Å². The number of amides is 1. The molecular formula is C11H13BrF2N2O. The molecule has 0 spiro atoms. The van der Waals surface area contributed by atoms with Crippen molar-refractivity contribution in [3.05, 3.63) is 28.2 Å². The van der Waals surface area contributed by atoms with Gasteiger partial charge in [-0.2, -0.15) is 0 Å². The van der Waals surface area contributed by atoms with Crippen molar-refractivity contribution in [2.24, 2.45) is 0 Å². The number of hydrogen-bond donors (Lipinski definition) is 1. The van der Waals surface area contributed by atoms with Gasteiger partial charge in [0.2, 0.25) is 5.91 Å². The quantitative estimate of drug-likeness (QED) is 0.867. The van der Waals surface area contributed by atoms with Gasteiger partial charge in [-0.05, 0) is 28.9 Å². The summed E-state index contributed by atoms with van der Waals surface area (Å²) in [6, 6.07) is 2.03. The highest BCUT2D eigenvalue weighted by atomic mass is 79.9. The Balaban J connectivity index is 2.70. The summed E-state index contributed by atoms with van der Waals surface area (Å²) in [7, 11) is 1.64. The molecule has 0 aliphatic rings. The Morgan fingerprint density at radius 3 is 2.65 bits per heavy atom. The van der Waals surface area contributed by atoms with Crippen molar-refractivity contribution in [1.29, 1.82) is 0 Å². The maximum atomic E-state index is 13.4. The number of nitrogens with zero attached hydrogens (tertiary/aromatic N) is 1. The second-order valence-corrected chi connectivity index (χ2v) is 4.36. The maximum absolute atomic E-state index is 13.4. The highest BCUT2D eigenvalue weighted by Crippen LogP contribution is 2.23. The number of hydrogen-bond acceptors (Lipinski definition) is 2.